The SMILES string of the molecule is Cc1cc(N2CCN(C(=O)c3ccc(N4CCCCC4)c([N+](=O)[O-])c3)CC2)nc(C(C)C)n1. The lowest BCUT2D eigenvalue weighted by molar-refractivity contribution is -0.384. The normalized spacial score (nSPS) is 16.9. The third-order valence-electron chi connectivity index (χ3n) is 6.38. The van der Waals surface area contributed by atoms with Gasteiger partial charge in [-0.1, -0.05) is 13.8 Å². The van der Waals surface area contributed by atoms with Gasteiger partial charge in [-0.15, -0.1) is 0 Å². The Hall–Kier alpha value is -3.23. The first-order valence-corrected chi connectivity index (χ1v) is 11.8. The highest BCUT2D eigenvalue weighted by atomic mass is 16.6. The molecule has 2 fully saturated rings. The van der Waals surface area contributed by atoms with E-state index in [0.29, 0.717) is 37.4 Å². The third-order valence-corrected chi connectivity index (χ3v) is 6.38. The van der Waals surface area contributed by atoms with Crippen molar-refractivity contribution in [1.82, 2.24) is 14.9 Å². The molecule has 0 atom stereocenters. The second-order valence-electron chi connectivity index (χ2n) is 9.17. The van der Waals surface area contributed by atoms with Crippen LogP contribution >= 0.6 is 0 Å². The van der Waals surface area contributed by atoms with Crippen LogP contribution in [-0.2, 0) is 0 Å². The molecular formula is C24H32N6O3. The first-order valence-electron chi connectivity index (χ1n) is 11.8. The van der Waals surface area contributed by atoms with Crippen LogP contribution in [0.5, 0.6) is 0 Å². The highest BCUT2D eigenvalue weighted by Crippen LogP contribution is 2.32. The van der Waals surface area contributed by atoms with Crippen molar-refractivity contribution in [2.45, 2.75) is 46.0 Å². The van der Waals surface area contributed by atoms with E-state index < -0.39 is 0 Å². The van der Waals surface area contributed by atoms with E-state index in [0.717, 1.165) is 49.7 Å². The molecule has 1 aromatic carbocycles. The number of hydrogen-bond acceptors (Lipinski definition) is 7. The smallest absolute Gasteiger partial charge is 0.293 e. The van der Waals surface area contributed by atoms with Crippen molar-refractivity contribution in [2.24, 2.45) is 0 Å². The number of hydrogen-bond donors (Lipinski definition) is 0. The van der Waals surface area contributed by atoms with Gasteiger partial charge in [0.05, 0.1) is 4.92 Å². The number of aromatic nitrogens is 2. The molecule has 176 valence electrons. The zero-order valence-corrected chi connectivity index (χ0v) is 19.7. The maximum absolute atomic E-state index is 13.1. The molecule has 2 aromatic rings. The predicted octanol–water partition coefficient (Wildman–Crippen LogP) is 3.77. The van der Waals surface area contributed by atoms with Crippen LogP contribution in [0.4, 0.5) is 17.2 Å². The summed E-state index contributed by atoms with van der Waals surface area (Å²) in [6.07, 6.45) is 3.22. The minimum atomic E-state index is -0.373. The lowest BCUT2D eigenvalue weighted by Crippen LogP contribution is -2.49. The summed E-state index contributed by atoms with van der Waals surface area (Å²) in [6.45, 7) is 10.2. The molecular weight excluding hydrogens is 420 g/mol. The molecule has 0 aliphatic carbocycles. The van der Waals surface area contributed by atoms with Crippen molar-refractivity contribution in [1.29, 1.82) is 0 Å². The summed E-state index contributed by atoms with van der Waals surface area (Å²) in [4.78, 5) is 39.7. The monoisotopic (exact) mass is 452 g/mol. The van der Waals surface area contributed by atoms with Gasteiger partial charge in [-0.3, -0.25) is 14.9 Å². The molecule has 1 aromatic heterocycles. The molecule has 2 aliphatic rings. The molecule has 0 N–H and O–H groups in total. The zero-order valence-electron chi connectivity index (χ0n) is 19.7. The third kappa shape index (κ3) is 5.07. The number of benzene rings is 1. The van der Waals surface area contributed by atoms with Crippen LogP contribution in [-0.4, -0.2) is 65.0 Å². The van der Waals surface area contributed by atoms with E-state index in [-0.39, 0.29) is 22.4 Å². The molecule has 2 aliphatic heterocycles. The minimum absolute atomic E-state index is 0.0130. The van der Waals surface area contributed by atoms with Gasteiger partial charge in [0, 0.05) is 68.6 Å². The van der Waals surface area contributed by atoms with E-state index in [1.807, 2.05) is 13.0 Å². The molecule has 9 nitrogen and oxygen atoms in total. The molecule has 4 rings (SSSR count). The zero-order chi connectivity index (χ0) is 23.5. The number of piperazine rings is 1. The lowest BCUT2D eigenvalue weighted by Gasteiger charge is -2.35. The Morgan fingerprint density at radius 3 is 2.30 bits per heavy atom. The van der Waals surface area contributed by atoms with Gasteiger partial charge in [0.1, 0.15) is 17.3 Å². The Balaban J connectivity index is 1.46. The number of carbonyl (C=O) groups excluding carboxylic acids is 1. The fourth-order valence-corrected chi connectivity index (χ4v) is 4.52. The topological polar surface area (TPSA) is 95.7 Å². The number of aryl methyl sites for hydroxylation is 1. The van der Waals surface area contributed by atoms with Gasteiger partial charge < -0.3 is 14.7 Å². The van der Waals surface area contributed by atoms with E-state index in [9.17, 15) is 14.9 Å². The molecule has 0 unspecified atom stereocenters. The molecule has 33 heavy (non-hydrogen) atoms. The Morgan fingerprint density at radius 2 is 1.67 bits per heavy atom. The highest BCUT2D eigenvalue weighted by molar-refractivity contribution is 5.96. The summed E-state index contributed by atoms with van der Waals surface area (Å²) < 4.78 is 0. The molecule has 0 radical (unpaired) electrons. The van der Waals surface area contributed by atoms with Gasteiger partial charge in [-0.2, -0.15) is 0 Å². The Labute approximate surface area is 194 Å². The van der Waals surface area contributed by atoms with Crippen LogP contribution in [0.1, 0.15) is 60.9 Å². The van der Waals surface area contributed by atoms with Gasteiger partial charge in [0.2, 0.25) is 0 Å². The second kappa shape index (κ2) is 9.72. The lowest BCUT2D eigenvalue weighted by atomic mass is 10.1. The van der Waals surface area contributed by atoms with E-state index in [1.165, 1.54) is 6.07 Å². The van der Waals surface area contributed by atoms with E-state index in [2.05, 4.69) is 28.6 Å². The Bertz CT molecular complexity index is 1030. The van der Waals surface area contributed by atoms with Gasteiger partial charge in [0.25, 0.3) is 11.6 Å². The van der Waals surface area contributed by atoms with Crippen LogP contribution in [0.3, 0.4) is 0 Å². The summed E-state index contributed by atoms with van der Waals surface area (Å²) in [5, 5.41) is 11.8. The first-order chi connectivity index (χ1) is 15.8. The Kier molecular flexibility index (Phi) is 6.76. The van der Waals surface area contributed by atoms with Crippen LogP contribution in [0, 0.1) is 17.0 Å². The molecule has 2 saturated heterocycles. The van der Waals surface area contributed by atoms with E-state index in [1.54, 1.807) is 17.0 Å². The maximum atomic E-state index is 13.1. The van der Waals surface area contributed by atoms with Crippen molar-refractivity contribution in [3.05, 3.63) is 51.5 Å². The maximum Gasteiger partial charge on any atom is 0.293 e. The standard InChI is InChI=1S/C24H32N6O3/c1-17(2)23-25-18(3)15-22(26-23)28-11-13-29(14-12-28)24(31)19-7-8-20(21(16-19)30(32)33)27-9-5-4-6-10-27/h7-8,15-17H,4-6,9-14H2,1-3H3. The van der Waals surface area contributed by atoms with Crippen molar-refractivity contribution >= 4 is 23.1 Å². The van der Waals surface area contributed by atoms with E-state index in [4.69, 9.17) is 4.98 Å². The van der Waals surface area contributed by atoms with Crippen molar-refractivity contribution < 1.29 is 9.72 Å². The number of carbonyl (C=O) groups is 1. The summed E-state index contributed by atoms with van der Waals surface area (Å²) in [6, 6.07) is 6.89. The summed E-state index contributed by atoms with van der Waals surface area (Å²) >= 11 is 0. The molecule has 3 heterocycles. The van der Waals surface area contributed by atoms with Crippen molar-refractivity contribution in [3.63, 3.8) is 0 Å². The van der Waals surface area contributed by atoms with Crippen LogP contribution in [0.25, 0.3) is 0 Å². The number of nitro groups is 1. The number of rotatable bonds is 5. The average Bonchev–Trinajstić information content (AvgIpc) is 2.83. The summed E-state index contributed by atoms with van der Waals surface area (Å²) in [7, 11) is 0. The van der Waals surface area contributed by atoms with Crippen LogP contribution in [0.2, 0.25) is 0 Å². The molecule has 1 amide bonds. The van der Waals surface area contributed by atoms with Gasteiger partial charge in [0.15, 0.2) is 0 Å². The number of piperidine rings is 1. The fraction of sp³-hybridized carbons (Fsp3) is 0.542. The van der Waals surface area contributed by atoms with Crippen LogP contribution in [0.15, 0.2) is 24.3 Å². The first kappa shape index (κ1) is 22.9. The largest absolute Gasteiger partial charge is 0.366 e. The molecule has 0 saturated carbocycles. The number of nitrogens with zero attached hydrogens (tertiary/aromatic N) is 6. The van der Waals surface area contributed by atoms with Gasteiger partial charge in [-0.05, 0) is 38.3 Å². The summed E-state index contributed by atoms with van der Waals surface area (Å²) in [5.74, 6) is 1.80. The minimum Gasteiger partial charge on any atom is -0.366 e. The number of amides is 1. The van der Waals surface area contributed by atoms with Crippen molar-refractivity contribution in [2.75, 3.05) is 49.1 Å². The summed E-state index contributed by atoms with van der Waals surface area (Å²) in [5.41, 5.74) is 1.93. The quantitative estimate of drug-likeness (QED) is 0.503. The second-order valence-corrected chi connectivity index (χ2v) is 9.17. The number of nitro benzene ring substituents is 1. The Morgan fingerprint density at radius 1 is 0.970 bits per heavy atom. The molecule has 9 heteroatoms. The van der Waals surface area contributed by atoms with E-state index >= 15 is 0 Å². The van der Waals surface area contributed by atoms with Gasteiger partial charge in [-0.25, -0.2) is 9.97 Å². The number of anilines is 2. The van der Waals surface area contributed by atoms with Crippen molar-refractivity contribution in [3.8, 4) is 0 Å². The highest BCUT2D eigenvalue weighted by Gasteiger charge is 2.27. The van der Waals surface area contributed by atoms with Gasteiger partial charge >= 0.3 is 0 Å². The predicted molar refractivity (Wildman–Crippen MR) is 128 cm³/mol. The van der Waals surface area contributed by atoms with Crippen LogP contribution < -0.4 is 9.80 Å². The average molecular weight is 453 g/mol. The molecule has 0 spiro atoms. The fourth-order valence-electron chi connectivity index (χ4n) is 4.52. The molecule has 0 bridgehead atoms.